The lowest BCUT2D eigenvalue weighted by atomic mass is 10.0. The molecule has 2 aromatic carbocycles. The molecule has 0 bridgehead atoms. The number of nitrogens with zero attached hydrogens (tertiary/aromatic N) is 1. The molecule has 5 nitrogen and oxygen atoms in total. The Morgan fingerprint density at radius 2 is 2.12 bits per heavy atom. The molecule has 1 N–H and O–H groups in total. The van der Waals surface area contributed by atoms with E-state index in [1.165, 1.54) is 7.11 Å². The highest BCUT2D eigenvalue weighted by atomic mass is 79.9. The summed E-state index contributed by atoms with van der Waals surface area (Å²) < 4.78 is 11.0. The third kappa shape index (κ3) is 4.75. The van der Waals surface area contributed by atoms with Crippen molar-refractivity contribution >= 4 is 45.1 Å². The second-order valence-corrected chi connectivity index (χ2v) is 6.13. The van der Waals surface area contributed by atoms with Crippen molar-refractivity contribution in [1.29, 1.82) is 5.26 Å². The lowest BCUT2D eigenvalue weighted by molar-refractivity contribution is -0.139. The maximum atomic E-state index is 10.7. The van der Waals surface area contributed by atoms with Gasteiger partial charge >= 0.3 is 5.97 Å². The Morgan fingerprint density at radius 1 is 1.40 bits per heavy atom. The number of allylic oxidation sites excluding steroid dienone is 1. The van der Waals surface area contributed by atoms with Gasteiger partial charge < -0.3 is 14.6 Å². The second-order valence-electron chi connectivity index (χ2n) is 4.87. The molecular formula is C18H13BrClNO4. The second kappa shape index (κ2) is 8.56. The molecule has 0 spiro atoms. The average Bonchev–Trinajstić information content (AvgIpc) is 2.58. The Morgan fingerprint density at radius 3 is 2.72 bits per heavy atom. The molecule has 0 aromatic heterocycles. The van der Waals surface area contributed by atoms with E-state index in [0.717, 1.165) is 0 Å². The maximum Gasteiger partial charge on any atom is 0.341 e. The molecule has 0 amide bonds. The zero-order valence-electron chi connectivity index (χ0n) is 13.1. The number of benzene rings is 2. The van der Waals surface area contributed by atoms with Crippen LogP contribution in [0.25, 0.3) is 11.6 Å². The SMILES string of the molecule is COc1cc(C=C(C#N)c2ccccc2Cl)cc(Br)c1OCC(=O)O. The predicted octanol–water partition coefficient (Wildman–Crippen LogP) is 4.64. The predicted molar refractivity (Wildman–Crippen MR) is 98.8 cm³/mol. The first-order valence-corrected chi connectivity index (χ1v) is 8.22. The third-order valence-corrected chi connectivity index (χ3v) is 4.11. The summed E-state index contributed by atoms with van der Waals surface area (Å²) in [5, 5.41) is 18.7. The Labute approximate surface area is 158 Å². The molecule has 0 aliphatic heterocycles. The van der Waals surface area contributed by atoms with Crippen LogP contribution in [-0.2, 0) is 4.79 Å². The lowest BCUT2D eigenvalue weighted by Gasteiger charge is -2.12. The van der Waals surface area contributed by atoms with E-state index in [4.69, 9.17) is 26.2 Å². The minimum atomic E-state index is -1.09. The molecule has 25 heavy (non-hydrogen) atoms. The Kier molecular flexibility index (Phi) is 6.45. The van der Waals surface area contributed by atoms with E-state index >= 15 is 0 Å². The van der Waals surface area contributed by atoms with Gasteiger partial charge in [-0.3, -0.25) is 0 Å². The number of rotatable bonds is 6. The molecule has 0 radical (unpaired) electrons. The molecular weight excluding hydrogens is 410 g/mol. The quantitative estimate of drug-likeness (QED) is 0.542. The minimum absolute atomic E-state index is 0.276. The third-order valence-electron chi connectivity index (χ3n) is 3.19. The summed E-state index contributed by atoms with van der Waals surface area (Å²) in [6.45, 7) is -0.493. The van der Waals surface area contributed by atoms with Gasteiger partial charge in [0.2, 0.25) is 0 Å². The molecule has 0 heterocycles. The van der Waals surface area contributed by atoms with Crippen LogP contribution in [0, 0.1) is 11.3 Å². The number of carbonyl (C=O) groups is 1. The first kappa shape index (κ1) is 18.8. The summed E-state index contributed by atoms with van der Waals surface area (Å²) >= 11 is 9.48. The molecule has 0 atom stereocenters. The van der Waals surface area contributed by atoms with Gasteiger partial charge in [-0.1, -0.05) is 29.8 Å². The van der Waals surface area contributed by atoms with Crippen LogP contribution in [0.15, 0.2) is 40.9 Å². The monoisotopic (exact) mass is 421 g/mol. The number of carboxylic acid groups (broad SMARTS) is 1. The highest BCUT2D eigenvalue weighted by molar-refractivity contribution is 9.10. The number of ether oxygens (including phenoxy) is 2. The fraction of sp³-hybridized carbons (Fsp3) is 0.111. The van der Waals surface area contributed by atoms with E-state index in [2.05, 4.69) is 22.0 Å². The fourth-order valence-corrected chi connectivity index (χ4v) is 2.93. The number of methoxy groups -OCH3 is 1. The molecule has 128 valence electrons. The highest BCUT2D eigenvalue weighted by Gasteiger charge is 2.14. The fourth-order valence-electron chi connectivity index (χ4n) is 2.11. The molecule has 7 heteroatoms. The Bertz CT molecular complexity index is 874. The minimum Gasteiger partial charge on any atom is -0.493 e. The van der Waals surface area contributed by atoms with E-state index in [1.807, 2.05) is 0 Å². The lowest BCUT2D eigenvalue weighted by Crippen LogP contribution is -2.10. The molecule has 2 rings (SSSR count). The number of nitriles is 1. The summed E-state index contributed by atoms with van der Waals surface area (Å²) in [6.07, 6.45) is 1.66. The average molecular weight is 423 g/mol. The van der Waals surface area contributed by atoms with Crippen LogP contribution in [0.1, 0.15) is 11.1 Å². The zero-order chi connectivity index (χ0) is 18.4. The van der Waals surface area contributed by atoms with Crippen LogP contribution >= 0.6 is 27.5 Å². The van der Waals surface area contributed by atoms with Crippen molar-refractivity contribution in [3.8, 4) is 17.6 Å². The van der Waals surface area contributed by atoms with E-state index in [-0.39, 0.29) is 5.75 Å². The summed E-state index contributed by atoms with van der Waals surface area (Å²) in [7, 11) is 1.45. The Hall–Kier alpha value is -2.49. The van der Waals surface area contributed by atoms with Gasteiger partial charge in [-0.25, -0.2) is 4.79 Å². The number of aliphatic carboxylic acids is 1. The molecule has 0 unspecified atom stereocenters. The number of hydrogen-bond donors (Lipinski definition) is 1. The molecule has 0 aliphatic carbocycles. The standard InChI is InChI=1S/C18H13BrClNO4/c1-24-16-8-11(7-14(19)18(16)25-10-17(22)23)6-12(9-21)13-4-2-3-5-15(13)20/h2-8H,10H2,1H3,(H,22,23). The molecule has 0 saturated carbocycles. The number of carboxylic acids is 1. The van der Waals surface area contributed by atoms with Gasteiger partial charge in [-0.15, -0.1) is 0 Å². The molecule has 0 aliphatic rings. The highest BCUT2D eigenvalue weighted by Crippen LogP contribution is 2.38. The van der Waals surface area contributed by atoms with E-state index < -0.39 is 12.6 Å². The largest absolute Gasteiger partial charge is 0.493 e. The zero-order valence-corrected chi connectivity index (χ0v) is 15.5. The first-order chi connectivity index (χ1) is 12.0. The number of hydrogen-bond acceptors (Lipinski definition) is 4. The smallest absolute Gasteiger partial charge is 0.341 e. The maximum absolute atomic E-state index is 10.7. The summed E-state index contributed by atoms with van der Waals surface area (Å²) in [5.41, 5.74) is 1.68. The van der Waals surface area contributed by atoms with Crippen molar-refractivity contribution in [3.05, 3.63) is 57.0 Å². The van der Waals surface area contributed by atoms with Gasteiger partial charge in [0.15, 0.2) is 18.1 Å². The molecule has 2 aromatic rings. The topological polar surface area (TPSA) is 79.5 Å². The van der Waals surface area contributed by atoms with Crippen LogP contribution in [-0.4, -0.2) is 24.8 Å². The normalized spacial score (nSPS) is 10.9. The van der Waals surface area contributed by atoms with Crippen LogP contribution < -0.4 is 9.47 Å². The number of halogens is 2. The molecule has 0 saturated heterocycles. The van der Waals surface area contributed by atoms with Gasteiger partial charge in [0.05, 0.1) is 23.2 Å². The van der Waals surface area contributed by atoms with Crippen molar-refractivity contribution in [1.82, 2.24) is 0 Å². The van der Waals surface area contributed by atoms with Crippen LogP contribution in [0.2, 0.25) is 5.02 Å². The van der Waals surface area contributed by atoms with Crippen molar-refractivity contribution in [3.63, 3.8) is 0 Å². The van der Waals surface area contributed by atoms with Gasteiger partial charge in [0.1, 0.15) is 0 Å². The van der Waals surface area contributed by atoms with Crippen LogP contribution in [0.3, 0.4) is 0 Å². The van der Waals surface area contributed by atoms with E-state index in [1.54, 1.807) is 42.5 Å². The van der Waals surface area contributed by atoms with E-state index in [9.17, 15) is 10.1 Å². The first-order valence-electron chi connectivity index (χ1n) is 7.05. The van der Waals surface area contributed by atoms with Crippen LogP contribution in [0.4, 0.5) is 0 Å². The van der Waals surface area contributed by atoms with Crippen molar-refractivity contribution < 1.29 is 19.4 Å². The van der Waals surface area contributed by atoms with Gasteiger partial charge in [-0.05, 0) is 45.8 Å². The van der Waals surface area contributed by atoms with Crippen molar-refractivity contribution in [2.45, 2.75) is 0 Å². The van der Waals surface area contributed by atoms with Crippen molar-refractivity contribution in [2.24, 2.45) is 0 Å². The summed E-state index contributed by atoms with van der Waals surface area (Å²) in [5.74, 6) is -0.472. The summed E-state index contributed by atoms with van der Waals surface area (Å²) in [4.78, 5) is 10.7. The van der Waals surface area contributed by atoms with Crippen LogP contribution in [0.5, 0.6) is 11.5 Å². The molecule has 0 fully saturated rings. The summed E-state index contributed by atoms with van der Waals surface area (Å²) in [6, 6.07) is 12.5. The van der Waals surface area contributed by atoms with Gasteiger partial charge in [-0.2, -0.15) is 5.26 Å². The van der Waals surface area contributed by atoms with Gasteiger partial charge in [0, 0.05) is 10.6 Å². The van der Waals surface area contributed by atoms with Crippen molar-refractivity contribution in [2.75, 3.05) is 13.7 Å². The van der Waals surface area contributed by atoms with Gasteiger partial charge in [0.25, 0.3) is 0 Å². The Balaban J connectivity index is 2.46. The van der Waals surface area contributed by atoms with E-state index in [0.29, 0.717) is 31.9 Å².